The Morgan fingerprint density at radius 1 is 1.26 bits per heavy atom. The van der Waals surface area contributed by atoms with Crippen LogP contribution in [0.15, 0.2) is 70.7 Å². The molecule has 0 spiro atoms. The van der Waals surface area contributed by atoms with Crippen molar-refractivity contribution < 1.29 is 18.7 Å². The quantitative estimate of drug-likeness (QED) is 0.655. The van der Waals surface area contributed by atoms with E-state index in [-0.39, 0.29) is 30.0 Å². The maximum absolute atomic E-state index is 12.8. The molecule has 3 heterocycles. The standard InChI is InChI=1S/C22H19N5O4/c1-13-10-15(16-8-5-9-30-16)20-18(19(13)28)27(12-31-20)26-22(29)21-23-17(24-25-21)11-14-6-3-2-4-7-14/h2-10,13H,11-12H2,1H3,(H,26,29)(H,23,24,25)/t13-/m0/s1. The molecule has 0 radical (unpaired) electrons. The highest BCUT2D eigenvalue weighted by atomic mass is 16.5. The monoisotopic (exact) mass is 417 g/mol. The zero-order valence-electron chi connectivity index (χ0n) is 16.7. The number of nitrogens with one attached hydrogen (secondary N) is 2. The normalized spacial score (nSPS) is 18.0. The SMILES string of the molecule is C[C@H]1C=C(c2ccco2)C2=C(C1=O)N(NC(=O)c1n[nH]c(Cc3ccccc3)n1)CO2. The molecule has 2 aromatic heterocycles. The third kappa shape index (κ3) is 3.50. The molecule has 0 saturated carbocycles. The maximum Gasteiger partial charge on any atom is 0.309 e. The van der Waals surface area contributed by atoms with Gasteiger partial charge in [0.1, 0.15) is 17.3 Å². The number of carbonyl (C=O) groups is 2. The fourth-order valence-electron chi connectivity index (χ4n) is 3.60. The zero-order valence-corrected chi connectivity index (χ0v) is 16.7. The first-order chi connectivity index (χ1) is 15.1. The molecule has 5 rings (SSSR count). The summed E-state index contributed by atoms with van der Waals surface area (Å²) in [6.07, 6.45) is 3.88. The van der Waals surface area contributed by atoms with Crippen molar-refractivity contribution in [3.05, 3.63) is 89.2 Å². The van der Waals surface area contributed by atoms with Crippen LogP contribution >= 0.6 is 0 Å². The number of aromatic amines is 1. The fraction of sp³-hybridized carbons (Fsp3) is 0.182. The van der Waals surface area contributed by atoms with Gasteiger partial charge in [-0.15, -0.1) is 5.10 Å². The second-order valence-corrected chi connectivity index (χ2v) is 7.30. The van der Waals surface area contributed by atoms with E-state index in [4.69, 9.17) is 9.15 Å². The third-order valence-corrected chi connectivity index (χ3v) is 5.10. The van der Waals surface area contributed by atoms with E-state index in [1.807, 2.05) is 30.3 Å². The van der Waals surface area contributed by atoms with E-state index in [0.29, 0.717) is 29.3 Å². The average molecular weight is 417 g/mol. The van der Waals surface area contributed by atoms with Crippen molar-refractivity contribution in [1.82, 2.24) is 25.6 Å². The average Bonchev–Trinajstić information content (AvgIpc) is 3.53. The number of aromatic nitrogens is 3. The van der Waals surface area contributed by atoms with Crippen molar-refractivity contribution in [2.75, 3.05) is 6.73 Å². The number of ketones is 1. The molecule has 31 heavy (non-hydrogen) atoms. The number of nitrogens with zero attached hydrogens (tertiary/aromatic N) is 3. The largest absolute Gasteiger partial charge is 0.468 e. The van der Waals surface area contributed by atoms with Crippen molar-refractivity contribution >= 4 is 17.3 Å². The number of furan rings is 1. The van der Waals surface area contributed by atoms with Crippen molar-refractivity contribution in [3.63, 3.8) is 0 Å². The lowest BCUT2D eigenvalue weighted by Gasteiger charge is -2.22. The van der Waals surface area contributed by atoms with E-state index in [1.54, 1.807) is 31.4 Å². The Morgan fingerprint density at radius 2 is 2.10 bits per heavy atom. The second kappa shape index (κ2) is 7.60. The van der Waals surface area contributed by atoms with Gasteiger partial charge in [-0.25, -0.2) is 9.99 Å². The molecule has 3 aromatic rings. The number of allylic oxidation sites excluding steroid dienone is 3. The van der Waals surface area contributed by atoms with Gasteiger partial charge in [0.05, 0.1) is 11.8 Å². The molecule has 1 atom stereocenters. The summed E-state index contributed by atoms with van der Waals surface area (Å²) in [4.78, 5) is 29.8. The number of hydrazine groups is 1. The van der Waals surface area contributed by atoms with Gasteiger partial charge in [0.2, 0.25) is 5.82 Å². The van der Waals surface area contributed by atoms with Gasteiger partial charge in [-0.05, 0) is 17.7 Å². The molecule has 1 aliphatic heterocycles. The van der Waals surface area contributed by atoms with Gasteiger partial charge in [0.15, 0.2) is 18.3 Å². The number of H-pyrrole nitrogens is 1. The number of carbonyl (C=O) groups excluding carboxylic acids is 2. The first kappa shape index (κ1) is 18.9. The molecule has 1 amide bonds. The van der Waals surface area contributed by atoms with E-state index in [2.05, 4.69) is 20.6 Å². The smallest absolute Gasteiger partial charge is 0.309 e. The molecule has 9 nitrogen and oxygen atoms in total. The van der Waals surface area contributed by atoms with Crippen LogP contribution in [0, 0.1) is 5.92 Å². The fourth-order valence-corrected chi connectivity index (χ4v) is 3.60. The molecular formula is C22H19N5O4. The summed E-state index contributed by atoms with van der Waals surface area (Å²) >= 11 is 0. The number of rotatable bonds is 5. The zero-order chi connectivity index (χ0) is 21.4. The lowest BCUT2D eigenvalue weighted by atomic mass is 9.91. The Hall–Kier alpha value is -4.14. The van der Waals surface area contributed by atoms with Crippen LogP contribution in [-0.4, -0.2) is 38.6 Å². The Morgan fingerprint density at radius 3 is 2.87 bits per heavy atom. The summed E-state index contributed by atoms with van der Waals surface area (Å²) in [6, 6.07) is 13.3. The van der Waals surface area contributed by atoms with E-state index < -0.39 is 5.91 Å². The molecule has 1 aliphatic carbocycles. The predicted octanol–water partition coefficient (Wildman–Crippen LogP) is 2.44. The van der Waals surface area contributed by atoms with Gasteiger partial charge < -0.3 is 9.15 Å². The Labute approximate surface area is 177 Å². The van der Waals surface area contributed by atoms with Crippen molar-refractivity contribution in [2.24, 2.45) is 5.92 Å². The predicted molar refractivity (Wildman–Crippen MR) is 109 cm³/mol. The minimum atomic E-state index is -0.539. The van der Waals surface area contributed by atoms with Crippen LogP contribution in [-0.2, 0) is 16.0 Å². The van der Waals surface area contributed by atoms with Crippen LogP contribution in [0.4, 0.5) is 0 Å². The van der Waals surface area contributed by atoms with Crippen LogP contribution in [0.2, 0.25) is 0 Å². The summed E-state index contributed by atoms with van der Waals surface area (Å²) in [5.41, 5.74) is 4.70. The number of hydrogen-bond acceptors (Lipinski definition) is 7. The molecule has 0 unspecified atom stereocenters. The first-order valence-corrected chi connectivity index (χ1v) is 9.81. The summed E-state index contributed by atoms with van der Waals surface area (Å²) < 4.78 is 11.2. The lowest BCUT2D eigenvalue weighted by molar-refractivity contribution is -0.119. The van der Waals surface area contributed by atoms with E-state index >= 15 is 0 Å². The molecule has 1 aromatic carbocycles. The van der Waals surface area contributed by atoms with Gasteiger partial charge >= 0.3 is 5.91 Å². The molecule has 2 aliphatic rings. The topological polar surface area (TPSA) is 113 Å². The summed E-state index contributed by atoms with van der Waals surface area (Å²) in [5, 5.41) is 8.18. The minimum Gasteiger partial charge on any atom is -0.468 e. The first-order valence-electron chi connectivity index (χ1n) is 9.81. The van der Waals surface area contributed by atoms with Gasteiger partial charge in [0.25, 0.3) is 0 Å². The van der Waals surface area contributed by atoms with Crippen molar-refractivity contribution in [2.45, 2.75) is 13.3 Å². The summed E-state index contributed by atoms with van der Waals surface area (Å²) in [6.45, 7) is 1.78. The van der Waals surface area contributed by atoms with Crippen LogP contribution < -0.4 is 5.43 Å². The second-order valence-electron chi connectivity index (χ2n) is 7.30. The Bertz CT molecular complexity index is 1190. The van der Waals surface area contributed by atoms with E-state index in [1.165, 1.54) is 5.01 Å². The highest BCUT2D eigenvalue weighted by Gasteiger charge is 2.39. The molecule has 0 fully saturated rings. The van der Waals surface area contributed by atoms with Gasteiger partial charge in [-0.1, -0.05) is 43.3 Å². The van der Waals surface area contributed by atoms with Crippen molar-refractivity contribution in [3.8, 4) is 0 Å². The highest BCUT2D eigenvalue weighted by molar-refractivity contribution is 6.05. The van der Waals surface area contributed by atoms with Crippen LogP contribution in [0.3, 0.4) is 0 Å². The molecule has 2 N–H and O–H groups in total. The van der Waals surface area contributed by atoms with Crippen molar-refractivity contribution in [1.29, 1.82) is 0 Å². The van der Waals surface area contributed by atoms with Gasteiger partial charge in [-0.2, -0.15) is 0 Å². The third-order valence-electron chi connectivity index (χ3n) is 5.10. The number of hydrogen-bond donors (Lipinski definition) is 2. The van der Waals surface area contributed by atoms with Crippen LogP contribution in [0.25, 0.3) is 5.57 Å². The molecule has 0 saturated heterocycles. The molecular weight excluding hydrogens is 398 g/mol. The van der Waals surface area contributed by atoms with E-state index in [9.17, 15) is 9.59 Å². The molecule has 0 bridgehead atoms. The molecule has 9 heteroatoms. The highest BCUT2D eigenvalue weighted by Crippen LogP contribution is 2.38. The Kier molecular flexibility index (Phi) is 4.62. The van der Waals surface area contributed by atoms with Gasteiger partial charge in [0, 0.05) is 12.3 Å². The van der Waals surface area contributed by atoms with Crippen LogP contribution in [0.1, 0.15) is 34.7 Å². The molecule has 156 valence electrons. The maximum atomic E-state index is 12.8. The Balaban J connectivity index is 1.34. The number of ether oxygens (including phenoxy) is 1. The van der Waals surface area contributed by atoms with E-state index in [0.717, 1.165) is 5.56 Å². The van der Waals surface area contributed by atoms with Gasteiger partial charge in [-0.3, -0.25) is 20.1 Å². The van der Waals surface area contributed by atoms with Crippen LogP contribution in [0.5, 0.6) is 0 Å². The number of Topliss-reactive ketones (excluding diaryl/α,β-unsaturated/α-hetero) is 1. The minimum absolute atomic E-state index is 0.00574. The summed E-state index contributed by atoms with van der Waals surface area (Å²) in [7, 11) is 0. The number of amides is 1. The number of benzene rings is 1. The summed E-state index contributed by atoms with van der Waals surface area (Å²) in [5.74, 6) is 0.460. The lowest BCUT2D eigenvalue weighted by Crippen LogP contribution is -2.43.